The van der Waals surface area contributed by atoms with Gasteiger partial charge in [-0.1, -0.05) is 6.07 Å². The van der Waals surface area contributed by atoms with Crippen molar-refractivity contribution in [2.75, 3.05) is 13.7 Å². The molecule has 0 fully saturated rings. The Morgan fingerprint density at radius 3 is 2.87 bits per heavy atom. The molecule has 82 valence electrons. The standard InChI is InChI=1S/C12H15FO2/c1-9-5-6-10(13)8-11(9)12(14)4-3-7-15-2/h5-6,8H,3-4,7H2,1-2H3. The number of hydrogen-bond donors (Lipinski definition) is 0. The van der Waals surface area contributed by atoms with Gasteiger partial charge < -0.3 is 4.74 Å². The molecule has 0 saturated carbocycles. The van der Waals surface area contributed by atoms with Crippen molar-refractivity contribution in [2.45, 2.75) is 19.8 Å². The van der Waals surface area contributed by atoms with Gasteiger partial charge in [-0.2, -0.15) is 0 Å². The van der Waals surface area contributed by atoms with Crippen LogP contribution in [-0.4, -0.2) is 19.5 Å². The summed E-state index contributed by atoms with van der Waals surface area (Å²) in [5.74, 6) is -0.389. The number of aryl methyl sites for hydroxylation is 1. The van der Waals surface area contributed by atoms with Crippen molar-refractivity contribution in [2.24, 2.45) is 0 Å². The fraction of sp³-hybridized carbons (Fsp3) is 0.417. The number of ether oxygens (including phenoxy) is 1. The zero-order chi connectivity index (χ0) is 11.3. The van der Waals surface area contributed by atoms with Gasteiger partial charge in [-0.3, -0.25) is 4.79 Å². The molecule has 0 heterocycles. The van der Waals surface area contributed by atoms with Crippen molar-refractivity contribution in [3.05, 3.63) is 35.1 Å². The number of methoxy groups -OCH3 is 1. The van der Waals surface area contributed by atoms with Crippen LogP contribution in [0, 0.1) is 12.7 Å². The van der Waals surface area contributed by atoms with E-state index in [2.05, 4.69) is 0 Å². The zero-order valence-corrected chi connectivity index (χ0v) is 9.05. The number of rotatable bonds is 5. The highest BCUT2D eigenvalue weighted by molar-refractivity contribution is 5.97. The average Bonchev–Trinajstić information content (AvgIpc) is 2.22. The summed E-state index contributed by atoms with van der Waals surface area (Å²) in [6, 6.07) is 4.28. The molecule has 0 aromatic heterocycles. The van der Waals surface area contributed by atoms with Crippen LogP contribution in [0.3, 0.4) is 0 Å². The van der Waals surface area contributed by atoms with E-state index in [0.29, 0.717) is 25.0 Å². The first-order valence-electron chi connectivity index (χ1n) is 4.93. The first kappa shape index (κ1) is 11.9. The first-order valence-corrected chi connectivity index (χ1v) is 4.93. The summed E-state index contributed by atoms with van der Waals surface area (Å²) in [6.45, 7) is 2.36. The van der Waals surface area contributed by atoms with Crippen LogP contribution in [-0.2, 0) is 4.74 Å². The van der Waals surface area contributed by atoms with Gasteiger partial charge in [-0.15, -0.1) is 0 Å². The van der Waals surface area contributed by atoms with Crippen molar-refractivity contribution in [1.29, 1.82) is 0 Å². The quantitative estimate of drug-likeness (QED) is 0.551. The molecule has 0 bridgehead atoms. The van der Waals surface area contributed by atoms with Crippen molar-refractivity contribution in [3.63, 3.8) is 0 Å². The number of Topliss-reactive ketones (excluding diaryl/α,β-unsaturated/α-hetero) is 1. The molecule has 3 heteroatoms. The van der Waals surface area contributed by atoms with Crippen LogP contribution >= 0.6 is 0 Å². The van der Waals surface area contributed by atoms with Crippen LogP contribution in [0.15, 0.2) is 18.2 Å². The molecule has 0 unspecified atom stereocenters. The molecule has 1 aromatic rings. The average molecular weight is 210 g/mol. The molecule has 0 radical (unpaired) electrons. The predicted octanol–water partition coefficient (Wildman–Crippen LogP) is 2.74. The van der Waals surface area contributed by atoms with E-state index in [1.165, 1.54) is 12.1 Å². The van der Waals surface area contributed by atoms with Crippen molar-refractivity contribution >= 4 is 5.78 Å². The van der Waals surface area contributed by atoms with E-state index in [0.717, 1.165) is 5.56 Å². The number of carbonyl (C=O) groups is 1. The van der Waals surface area contributed by atoms with Crippen LogP contribution in [0.2, 0.25) is 0 Å². The topological polar surface area (TPSA) is 26.3 Å². The Bertz CT molecular complexity index is 347. The Kier molecular flexibility index (Phi) is 4.43. The minimum Gasteiger partial charge on any atom is -0.385 e. The molecule has 0 amide bonds. The van der Waals surface area contributed by atoms with Gasteiger partial charge in [0, 0.05) is 25.7 Å². The van der Waals surface area contributed by atoms with Crippen molar-refractivity contribution in [1.82, 2.24) is 0 Å². The van der Waals surface area contributed by atoms with E-state index in [-0.39, 0.29) is 11.6 Å². The van der Waals surface area contributed by atoms with Gasteiger partial charge in [0.1, 0.15) is 5.82 Å². The normalized spacial score (nSPS) is 10.3. The SMILES string of the molecule is COCCCC(=O)c1cc(F)ccc1C. The molecule has 0 aliphatic carbocycles. The lowest BCUT2D eigenvalue weighted by atomic mass is 10.0. The van der Waals surface area contributed by atoms with Gasteiger partial charge in [0.25, 0.3) is 0 Å². The lowest BCUT2D eigenvalue weighted by Crippen LogP contribution is -2.04. The van der Waals surface area contributed by atoms with Crippen molar-refractivity contribution in [3.8, 4) is 0 Å². The third-order valence-electron chi connectivity index (χ3n) is 2.25. The maximum absolute atomic E-state index is 12.9. The fourth-order valence-electron chi connectivity index (χ4n) is 1.41. The summed E-state index contributed by atoms with van der Waals surface area (Å²) < 4.78 is 17.8. The van der Waals surface area contributed by atoms with Gasteiger partial charge in [0.15, 0.2) is 5.78 Å². The van der Waals surface area contributed by atoms with E-state index in [1.54, 1.807) is 13.2 Å². The molecule has 15 heavy (non-hydrogen) atoms. The molecule has 0 N–H and O–H groups in total. The summed E-state index contributed by atoms with van der Waals surface area (Å²) in [5.41, 5.74) is 1.30. The summed E-state index contributed by atoms with van der Waals surface area (Å²) >= 11 is 0. The van der Waals surface area contributed by atoms with Crippen LogP contribution in [0.1, 0.15) is 28.8 Å². The zero-order valence-electron chi connectivity index (χ0n) is 9.05. The number of halogens is 1. The molecular weight excluding hydrogens is 195 g/mol. The minimum absolute atomic E-state index is 0.0240. The van der Waals surface area contributed by atoms with Crippen molar-refractivity contribution < 1.29 is 13.9 Å². The van der Waals surface area contributed by atoms with E-state index in [1.807, 2.05) is 6.92 Å². The van der Waals surface area contributed by atoms with E-state index >= 15 is 0 Å². The maximum Gasteiger partial charge on any atom is 0.163 e. The molecule has 0 spiro atoms. The Labute approximate surface area is 89.1 Å². The van der Waals surface area contributed by atoms with Gasteiger partial charge in [0.05, 0.1) is 0 Å². The lowest BCUT2D eigenvalue weighted by Gasteiger charge is -2.04. The fourth-order valence-corrected chi connectivity index (χ4v) is 1.41. The lowest BCUT2D eigenvalue weighted by molar-refractivity contribution is 0.0962. The van der Waals surface area contributed by atoms with Gasteiger partial charge in [-0.05, 0) is 31.0 Å². The largest absolute Gasteiger partial charge is 0.385 e. The Balaban J connectivity index is 2.68. The third-order valence-corrected chi connectivity index (χ3v) is 2.25. The third kappa shape index (κ3) is 3.44. The second-order valence-electron chi connectivity index (χ2n) is 3.48. The molecule has 1 aromatic carbocycles. The van der Waals surface area contributed by atoms with Gasteiger partial charge in [0.2, 0.25) is 0 Å². The maximum atomic E-state index is 12.9. The highest BCUT2D eigenvalue weighted by atomic mass is 19.1. The monoisotopic (exact) mass is 210 g/mol. The summed E-state index contributed by atoms with van der Waals surface area (Å²) in [6.07, 6.45) is 1.07. The molecule has 0 saturated heterocycles. The highest BCUT2D eigenvalue weighted by Gasteiger charge is 2.09. The Morgan fingerprint density at radius 2 is 2.20 bits per heavy atom. The van der Waals surface area contributed by atoms with Crippen LogP contribution in [0.25, 0.3) is 0 Å². The van der Waals surface area contributed by atoms with Gasteiger partial charge >= 0.3 is 0 Å². The second kappa shape index (κ2) is 5.61. The first-order chi connectivity index (χ1) is 7.15. The molecule has 0 aliphatic rings. The van der Waals surface area contributed by atoms with E-state index in [4.69, 9.17) is 4.74 Å². The van der Waals surface area contributed by atoms with Crippen LogP contribution in [0.5, 0.6) is 0 Å². The number of carbonyl (C=O) groups excluding carboxylic acids is 1. The smallest absolute Gasteiger partial charge is 0.163 e. The molecule has 2 nitrogen and oxygen atoms in total. The van der Waals surface area contributed by atoms with Gasteiger partial charge in [-0.25, -0.2) is 4.39 Å². The van der Waals surface area contributed by atoms with Crippen LogP contribution in [0.4, 0.5) is 4.39 Å². The predicted molar refractivity (Wildman–Crippen MR) is 56.6 cm³/mol. The number of benzene rings is 1. The molecular formula is C12H15FO2. The Hall–Kier alpha value is -1.22. The summed E-state index contributed by atoms with van der Waals surface area (Å²) in [5, 5.41) is 0. The second-order valence-corrected chi connectivity index (χ2v) is 3.48. The number of hydrogen-bond acceptors (Lipinski definition) is 2. The molecule has 0 atom stereocenters. The summed E-state index contributed by atoms with van der Waals surface area (Å²) in [4.78, 5) is 11.7. The molecule has 0 aliphatic heterocycles. The van der Waals surface area contributed by atoms with E-state index < -0.39 is 0 Å². The Morgan fingerprint density at radius 1 is 1.47 bits per heavy atom. The highest BCUT2D eigenvalue weighted by Crippen LogP contribution is 2.13. The summed E-state index contributed by atoms with van der Waals surface area (Å²) in [7, 11) is 1.60. The number of ketones is 1. The van der Waals surface area contributed by atoms with E-state index in [9.17, 15) is 9.18 Å². The minimum atomic E-state index is -0.365. The van der Waals surface area contributed by atoms with Crippen LogP contribution < -0.4 is 0 Å². The molecule has 1 rings (SSSR count).